The van der Waals surface area contributed by atoms with Crippen LogP contribution in [0.25, 0.3) is 0 Å². The number of anilines is 1. The van der Waals surface area contributed by atoms with Crippen LogP contribution in [0.15, 0.2) is 24.4 Å². The van der Waals surface area contributed by atoms with Crippen LogP contribution in [0.1, 0.15) is 49.0 Å². The molecule has 0 spiro atoms. The Balaban J connectivity index is 1.68. The summed E-state index contributed by atoms with van der Waals surface area (Å²) in [7, 11) is 0. The van der Waals surface area contributed by atoms with Gasteiger partial charge in [-0.1, -0.05) is 11.6 Å². The Kier molecular flexibility index (Phi) is 6.14. The SMILES string of the molecule is CC(C)n1cc(C2C3OC(CC3O)C2C(=O)Nc2ccc(C(F)(F)F)c(Cl)c2)c(C(F)(F)F)n1. The summed E-state index contributed by atoms with van der Waals surface area (Å²) >= 11 is 5.70. The number of carbonyl (C=O) groups is 1. The standard InChI is InChI=1S/C21H20ClF6N3O3/c1-8(2)31-7-10(18(30-31)21(26,27)28)15-16(14-6-13(32)17(15)34-14)19(33)29-9-3-4-11(12(22)5-9)20(23,24)25/h3-5,7-8,13-17,32H,6H2,1-2H3,(H,29,33). The lowest BCUT2D eigenvalue weighted by Gasteiger charge is -2.30. The van der Waals surface area contributed by atoms with E-state index in [1.165, 1.54) is 6.20 Å². The highest BCUT2D eigenvalue weighted by Gasteiger charge is 2.59. The van der Waals surface area contributed by atoms with Gasteiger partial charge in [-0.05, 0) is 32.0 Å². The quantitative estimate of drug-likeness (QED) is 0.565. The molecule has 2 aromatic rings. The molecule has 186 valence electrons. The van der Waals surface area contributed by atoms with Gasteiger partial charge in [0.15, 0.2) is 5.69 Å². The molecule has 5 atom stereocenters. The first kappa shape index (κ1) is 24.8. The molecule has 1 aromatic carbocycles. The van der Waals surface area contributed by atoms with E-state index >= 15 is 0 Å². The average Bonchev–Trinajstić information content (AvgIpc) is 3.38. The predicted molar refractivity (Wildman–Crippen MR) is 108 cm³/mol. The van der Waals surface area contributed by atoms with E-state index in [4.69, 9.17) is 16.3 Å². The number of hydrogen-bond acceptors (Lipinski definition) is 4. The van der Waals surface area contributed by atoms with E-state index in [2.05, 4.69) is 10.4 Å². The van der Waals surface area contributed by atoms with Crippen molar-refractivity contribution in [3.05, 3.63) is 46.2 Å². The van der Waals surface area contributed by atoms with Crippen LogP contribution in [0, 0.1) is 5.92 Å². The highest BCUT2D eigenvalue weighted by atomic mass is 35.5. The first-order valence-corrected chi connectivity index (χ1v) is 10.7. The van der Waals surface area contributed by atoms with Crippen LogP contribution in [-0.4, -0.2) is 39.1 Å². The number of ether oxygens (including phenoxy) is 1. The second kappa shape index (κ2) is 8.42. The molecule has 0 radical (unpaired) electrons. The molecular weight excluding hydrogens is 492 g/mol. The normalized spacial score (nSPS) is 27.0. The molecule has 2 bridgehead atoms. The highest BCUT2D eigenvalue weighted by Crippen LogP contribution is 2.51. The van der Waals surface area contributed by atoms with Crippen molar-refractivity contribution in [1.82, 2.24) is 9.78 Å². The fourth-order valence-electron chi connectivity index (χ4n) is 4.60. The number of aromatic nitrogens is 2. The second-order valence-electron chi connectivity index (χ2n) is 8.68. The van der Waals surface area contributed by atoms with Crippen molar-refractivity contribution >= 4 is 23.2 Å². The molecule has 5 unspecified atom stereocenters. The van der Waals surface area contributed by atoms with Crippen molar-refractivity contribution < 1.29 is 41.0 Å². The zero-order chi connectivity index (χ0) is 25.2. The lowest BCUT2D eigenvalue weighted by atomic mass is 9.73. The van der Waals surface area contributed by atoms with Crippen LogP contribution in [0.2, 0.25) is 5.02 Å². The minimum atomic E-state index is -4.82. The topological polar surface area (TPSA) is 76.4 Å². The molecule has 2 saturated heterocycles. The highest BCUT2D eigenvalue weighted by molar-refractivity contribution is 6.31. The van der Waals surface area contributed by atoms with E-state index in [-0.39, 0.29) is 17.7 Å². The number of aliphatic hydroxyl groups excluding tert-OH is 1. The predicted octanol–water partition coefficient (Wildman–Crippen LogP) is 5.03. The minimum Gasteiger partial charge on any atom is -0.390 e. The number of amides is 1. The van der Waals surface area contributed by atoms with Gasteiger partial charge in [0.1, 0.15) is 0 Å². The third kappa shape index (κ3) is 4.38. The van der Waals surface area contributed by atoms with Crippen molar-refractivity contribution in [2.24, 2.45) is 5.92 Å². The van der Waals surface area contributed by atoms with Gasteiger partial charge in [0.2, 0.25) is 5.91 Å². The summed E-state index contributed by atoms with van der Waals surface area (Å²) in [4.78, 5) is 13.1. The van der Waals surface area contributed by atoms with Crippen molar-refractivity contribution in [3.63, 3.8) is 0 Å². The second-order valence-corrected chi connectivity index (χ2v) is 9.09. The largest absolute Gasteiger partial charge is 0.435 e. The molecule has 2 fully saturated rings. The summed E-state index contributed by atoms with van der Waals surface area (Å²) in [6.07, 6.45) is -11.3. The Labute approximate surface area is 194 Å². The van der Waals surface area contributed by atoms with E-state index in [1.807, 2.05) is 0 Å². The number of nitrogens with one attached hydrogen (secondary N) is 1. The number of fused-ring (bicyclic) bond motifs is 2. The average molecular weight is 512 g/mol. The van der Waals surface area contributed by atoms with Crippen LogP contribution in [0.5, 0.6) is 0 Å². The lowest BCUT2D eigenvalue weighted by Crippen LogP contribution is -2.41. The summed E-state index contributed by atoms with van der Waals surface area (Å²) in [6, 6.07) is 2.21. The number of benzene rings is 1. The fraction of sp³-hybridized carbons (Fsp3) is 0.524. The van der Waals surface area contributed by atoms with E-state index < -0.39 is 70.7 Å². The van der Waals surface area contributed by atoms with Gasteiger partial charge in [-0.15, -0.1) is 0 Å². The fourth-order valence-corrected chi connectivity index (χ4v) is 4.88. The van der Waals surface area contributed by atoms with Crippen molar-refractivity contribution in [3.8, 4) is 0 Å². The Hall–Kier alpha value is -2.31. The Morgan fingerprint density at radius 2 is 1.91 bits per heavy atom. The van der Waals surface area contributed by atoms with Gasteiger partial charge in [0.05, 0.1) is 34.8 Å². The van der Waals surface area contributed by atoms with Crippen LogP contribution < -0.4 is 5.32 Å². The van der Waals surface area contributed by atoms with E-state index in [0.717, 1.165) is 16.8 Å². The lowest BCUT2D eigenvalue weighted by molar-refractivity contribution is -0.143. The summed E-state index contributed by atoms with van der Waals surface area (Å²) in [5.41, 5.74) is -2.60. The number of aliphatic hydroxyl groups is 1. The molecule has 4 rings (SSSR count). The molecule has 0 saturated carbocycles. The molecule has 1 aromatic heterocycles. The first-order valence-electron chi connectivity index (χ1n) is 10.4. The number of alkyl halides is 6. The molecule has 6 nitrogen and oxygen atoms in total. The molecule has 2 aliphatic rings. The Bertz CT molecular complexity index is 1100. The summed E-state index contributed by atoms with van der Waals surface area (Å²) in [5.74, 6) is -3.06. The van der Waals surface area contributed by atoms with Crippen molar-refractivity contribution in [2.75, 3.05) is 5.32 Å². The molecule has 34 heavy (non-hydrogen) atoms. The molecular formula is C21H20ClF6N3O3. The molecule has 3 heterocycles. The number of nitrogens with zero attached hydrogens (tertiary/aromatic N) is 2. The summed E-state index contributed by atoms with van der Waals surface area (Å²) < 4.78 is 87.0. The van der Waals surface area contributed by atoms with Gasteiger partial charge < -0.3 is 15.2 Å². The third-order valence-corrected chi connectivity index (χ3v) is 6.40. The molecule has 13 heteroatoms. The zero-order valence-corrected chi connectivity index (χ0v) is 18.5. The van der Waals surface area contributed by atoms with Gasteiger partial charge in [-0.2, -0.15) is 31.4 Å². The van der Waals surface area contributed by atoms with Gasteiger partial charge in [0.25, 0.3) is 0 Å². The maximum Gasteiger partial charge on any atom is 0.435 e. The van der Waals surface area contributed by atoms with Crippen LogP contribution in [-0.2, 0) is 21.9 Å². The number of rotatable bonds is 4. The van der Waals surface area contributed by atoms with Gasteiger partial charge in [0, 0.05) is 35.8 Å². The van der Waals surface area contributed by atoms with E-state index in [1.54, 1.807) is 13.8 Å². The van der Waals surface area contributed by atoms with Crippen LogP contribution in [0.4, 0.5) is 32.0 Å². The molecule has 2 N–H and O–H groups in total. The summed E-state index contributed by atoms with van der Waals surface area (Å²) in [5, 5.41) is 15.7. The van der Waals surface area contributed by atoms with Crippen LogP contribution in [0.3, 0.4) is 0 Å². The smallest absolute Gasteiger partial charge is 0.390 e. The third-order valence-electron chi connectivity index (χ3n) is 6.09. The maximum atomic E-state index is 13.8. The number of halogens is 7. The number of carbonyl (C=O) groups excluding carboxylic acids is 1. The zero-order valence-electron chi connectivity index (χ0n) is 17.8. The monoisotopic (exact) mass is 511 g/mol. The Morgan fingerprint density at radius 1 is 1.24 bits per heavy atom. The first-order chi connectivity index (χ1) is 15.7. The molecule has 0 aliphatic carbocycles. The minimum absolute atomic E-state index is 0.0344. The van der Waals surface area contributed by atoms with E-state index in [9.17, 15) is 36.2 Å². The van der Waals surface area contributed by atoms with Gasteiger partial charge in [-0.25, -0.2) is 0 Å². The van der Waals surface area contributed by atoms with Crippen LogP contribution >= 0.6 is 11.6 Å². The van der Waals surface area contributed by atoms with Crippen molar-refractivity contribution in [2.45, 2.75) is 62.9 Å². The summed E-state index contributed by atoms with van der Waals surface area (Å²) in [6.45, 7) is 3.28. The number of hydrogen-bond donors (Lipinski definition) is 2. The maximum absolute atomic E-state index is 13.8. The van der Waals surface area contributed by atoms with E-state index in [0.29, 0.717) is 6.07 Å². The van der Waals surface area contributed by atoms with Crippen molar-refractivity contribution in [1.29, 1.82) is 0 Å². The van der Waals surface area contributed by atoms with Gasteiger partial charge in [-0.3, -0.25) is 9.48 Å². The Morgan fingerprint density at radius 3 is 2.47 bits per heavy atom. The van der Waals surface area contributed by atoms with Gasteiger partial charge >= 0.3 is 12.4 Å². The molecule has 1 amide bonds. The molecule has 2 aliphatic heterocycles.